The molecule has 0 unspecified atom stereocenters. The maximum absolute atomic E-state index is 13.8. The van der Waals surface area contributed by atoms with Crippen molar-refractivity contribution in [3.63, 3.8) is 0 Å². The molecule has 0 atom stereocenters. The molecule has 6 nitrogen and oxygen atoms in total. The van der Waals surface area contributed by atoms with Crippen LogP contribution in [-0.2, 0) is 14.0 Å². The molecule has 7 heteroatoms. The van der Waals surface area contributed by atoms with Crippen molar-refractivity contribution in [2.75, 3.05) is 65.7 Å². The summed E-state index contributed by atoms with van der Waals surface area (Å²) in [6.45, 7) is 11.5. The Kier molecular flexibility index (Phi) is 5.81. The lowest BCUT2D eigenvalue weighted by atomic mass is 10.5. The number of morpholine rings is 2. The van der Waals surface area contributed by atoms with Crippen LogP contribution in [-0.4, -0.2) is 79.7 Å². The van der Waals surface area contributed by atoms with Crippen molar-refractivity contribution in [1.29, 1.82) is 0 Å². The van der Waals surface area contributed by atoms with Crippen molar-refractivity contribution >= 4 is 7.59 Å². The predicted molar refractivity (Wildman–Crippen MR) is 75.3 cm³/mol. The van der Waals surface area contributed by atoms with E-state index in [9.17, 15) is 4.57 Å². The van der Waals surface area contributed by atoms with Crippen LogP contribution in [0.4, 0.5) is 0 Å². The first-order chi connectivity index (χ1) is 9.23. The lowest BCUT2D eigenvalue weighted by Crippen LogP contribution is -2.48. The molecule has 112 valence electrons. The Balaban J connectivity index is 2.21. The quantitative estimate of drug-likeness (QED) is 0.707. The highest BCUT2D eigenvalue weighted by Crippen LogP contribution is 2.56. The first-order valence-electron chi connectivity index (χ1n) is 7.25. The Morgan fingerprint density at radius 2 is 1.26 bits per heavy atom. The van der Waals surface area contributed by atoms with Crippen LogP contribution in [0.15, 0.2) is 0 Å². The Morgan fingerprint density at radius 3 is 1.58 bits per heavy atom. The van der Waals surface area contributed by atoms with Crippen LogP contribution >= 0.6 is 7.59 Å². The van der Waals surface area contributed by atoms with E-state index in [1.165, 1.54) is 0 Å². The molecule has 0 aromatic heterocycles. The summed E-state index contributed by atoms with van der Waals surface area (Å²) in [6.07, 6.45) is 0. The second-order valence-corrected chi connectivity index (χ2v) is 7.51. The third-order valence-electron chi connectivity index (χ3n) is 3.81. The largest absolute Gasteiger partial charge is 0.379 e. The molecule has 0 spiro atoms. The molecule has 0 amide bonds. The standard InChI is InChI=1S/C12H26N3O3P/c1-3-13(4-2)19(16,14-5-9-17-10-6-14)15-7-11-18-12-8-15/h3-12H2,1-2H3. The molecule has 0 saturated carbocycles. The van der Waals surface area contributed by atoms with Crippen LogP contribution in [0.25, 0.3) is 0 Å². The number of hydrogen-bond donors (Lipinski definition) is 0. The molecule has 2 heterocycles. The first kappa shape index (κ1) is 15.4. The Morgan fingerprint density at radius 1 is 0.895 bits per heavy atom. The van der Waals surface area contributed by atoms with E-state index in [2.05, 4.69) is 27.9 Å². The lowest BCUT2D eigenvalue weighted by Gasteiger charge is -2.46. The second kappa shape index (κ2) is 7.16. The molecule has 2 aliphatic rings. The van der Waals surface area contributed by atoms with Crippen LogP contribution in [0.5, 0.6) is 0 Å². The molecule has 0 N–H and O–H groups in total. The van der Waals surface area contributed by atoms with Gasteiger partial charge < -0.3 is 9.47 Å². The summed E-state index contributed by atoms with van der Waals surface area (Å²) in [5.41, 5.74) is 0. The smallest absolute Gasteiger partial charge is 0.287 e. The molecule has 2 aliphatic heterocycles. The van der Waals surface area contributed by atoms with Crippen molar-refractivity contribution in [2.24, 2.45) is 0 Å². The maximum Gasteiger partial charge on any atom is 0.287 e. The zero-order valence-corrected chi connectivity index (χ0v) is 13.0. The van der Waals surface area contributed by atoms with Crippen LogP contribution < -0.4 is 0 Å². The van der Waals surface area contributed by atoms with E-state index in [-0.39, 0.29) is 0 Å². The molecule has 2 fully saturated rings. The Labute approximate surface area is 116 Å². The molecular formula is C12H26N3O3P. The summed E-state index contributed by atoms with van der Waals surface area (Å²) in [5.74, 6) is 0. The minimum atomic E-state index is -2.64. The zero-order valence-electron chi connectivity index (χ0n) is 12.1. The molecule has 0 radical (unpaired) electrons. The SMILES string of the molecule is CCN(CC)P(=O)(N1CCOCC1)N1CCOCC1. The van der Waals surface area contributed by atoms with Crippen molar-refractivity contribution < 1.29 is 14.0 Å². The van der Waals surface area contributed by atoms with Gasteiger partial charge in [-0.05, 0) is 0 Å². The highest BCUT2D eigenvalue weighted by atomic mass is 31.2. The van der Waals surface area contributed by atoms with Crippen LogP contribution in [0, 0.1) is 0 Å². The molecular weight excluding hydrogens is 265 g/mol. The first-order valence-corrected chi connectivity index (χ1v) is 8.81. The average molecular weight is 291 g/mol. The van der Waals surface area contributed by atoms with Crippen LogP contribution in [0.2, 0.25) is 0 Å². The van der Waals surface area contributed by atoms with Gasteiger partial charge in [0.05, 0.1) is 26.4 Å². The summed E-state index contributed by atoms with van der Waals surface area (Å²) < 4.78 is 30.9. The van der Waals surface area contributed by atoms with Gasteiger partial charge in [-0.3, -0.25) is 4.57 Å². The summed E-state index contributed by atoms with van der Waals surface area (Å²) in [4.78, 5) is 0. The van der Waals surface area contributed by atoms with Crippen molar-refractivity contribution in [3.8, 4) is 0 Å². The fourth-order valence-electron chi connectivity index (χ4n) is 2.76. The summed E-state index contributed by atoms with van der Waals surface area (Å²) in [7, 11) is -2.64. The van der Waals surface area contributed by atoms with Gasteiger partial charge in [0.25, 0.3) is 7.59 Å². The average Bonchev–Trinajstić information content (AvgIpc) is 2.50. The van der Waals surface area contributed by atoms with Crippen LogP contribution in [0.1, 0.15) is 13.8 Å². The molecule has 0 aromatic carbocycles. The van der Waals surface area contributed by atoms with Gasteiger partial charge in [-0.25, -0.2) is 14.0 Å². The van der Waals surface area contributed by atoms with E-state index in [0.717, 1.165) is 39.3 Å². The van der Waals surface area contributed by atoms with Gasteiger partial charge >= 0.3 is 0 Å². The van der Waals surface area contributed by atoms with E-state index < -0.39 is 7.59 Å². The van der Waals surface area contributed by atoms with Crippen LogP contribution in [0.3, 0.4) is 0 Å². The van der Waals surface area contributed by atoms with E-state index in [0.29, 0.717) is 26.4 Å². The van der Waals surface area contributed by atoms with Gasteiger partial charge in [-0.2, -0.15) is 0 Å². The van der Waals surface area contributed by atoms with Crippen molar-refractivity contribution in [1.82, 2.24) is 14.0 Å². The summed E-state index contributed by atoms with van der Waals surface area (Å²) in [6, 6.07) is 0. The summed E-state index contributed by atoms with van der Waals surface area (Å²) in [5, 5.41) is 0. The number of ether oxygens (including phenoxy) is 2. The topological polar surface area (TPSA) is 45.2 Å². The lowest BCUT2D eigenvalue weighted by molar-refractivity contribution is 0.0459. The third kappa shape index (κ3) is 3.20. The molecule has 2 rings (SSSR count). The highest BCUT2D eigenvalue weighted by molar-refractivity contribution is 7.56. The van der Waals surface area contributed by atoms with Gasteiger partial charge in [-0.1, -0.05) is 13.8 Å². The minimum Gasteiger partial charge on any atom is -0.379 e. The summed E-state index contributed by atoms with van der Waals surface area (Å²) >= 11 is 0. The number of rotatable bonds is 5. The predicted octanol–water partition coefficient (Wildman–Crippen LogP) is 1.10. The fraction of sp³-hybridized carbons (Fsp3) is 1.00. The molecule has 0 aliphatic carbocycles. The van der Waals surface area contributed by atoms with E-state index in [1.54, 1.807) is 0 Å². The molecule has 0 bridgehead atoms. The van der Waals surface area contributed by atoms with E-state index >= 15 is 0 Å². The molecule has 2 saturated heterocycles. The third-order valence-corrected chi connectivity index (χ3v) is 7.39. The molecule has 19 heavy (non-hydrogen) atoms. The van der Waals surface area contributed by atoms with Gasteiger partial charge in [-0.15, -0.1) is 0 Å². The Hall–Kier alpha value is 0.0300. The monoisotopic (exact) mass is 291 g/mol. The normalized spacial score (nSPS) is 23.9. The minimum absolute atomic E-state index is 0.676. The van der Waals surface area contributed by atoms with Crippen molar-refractivity contribution in [2.45, 2.75) is 13.8 Å². The Bertz CT molecular complexity index is 291. The van der Waals surface area contributed by atoms with E-state index in [4.69, 9.17) is 9.47 Å². The van der Waals surface area contributed by atoms with Gasteiger partial charge in [0.2, 0.25) is 0 Å². The van der Waals surface area contributed by atoms with Crippen molar-refractivity contribution in [3.05, 3.63) is 0 Å². The van der Waals surface area contributed by atoms with E-state index in [1.807, 2.05) is 0 Å². The number of nitrogens with zero attached hydrogens (tertiary/aromatic N) is 3. The molecule has 0 aromatic rings. The van der Waals surface area contributed by atoms with Gasteiger partial charge in [0, 0.05) is 39.3 Å². The van der Waals surface area contributed by atoms with Gasteiger partial charge in [0.15, 0.2) is 0 Å². The fourth-order valence-corrected chi connectivity index (χ4v) is 5.94. The van der Waals surface area contributed by atoms with Gasteiger partial charge in [0.1, 0.15) is 0 Å². The zero-order chi connectivity index (χ0) is 13.7. The maximum atomic E-state index is 13.8. The second-order valence-electron chi connectivity index (χ2n) is 4.78. The number of hydrogen-bond acceptors (Lipinski definition) is 3. The highest BCUT2D eigenvalue weighted by Gasteiger charge is 2.42.